The molecule has 6 nitrogen and oxygen atoms in total. The Hall–Kier alpha value is -4.02. The molecule has 0 spiro atoms. The van der Waals surface area contributed by atoms with Crippen LogP contribution in [0.3, 0.4) is 0 Å². The van der Waals surface area contributed by atoms with Gasteiger partial charge in [0.15, 0.2) is 5.82 Å². The Morgan fingerprint density at radius 2 is 1.87 bits per heavy atom. The number of hydrogen-bond donors (Lipinski definition) is 3. The minimum Gasteiger partial charge on any atom is -0.396 e. The highest BCUT2D eigenvalue weighted by molar-refractivity contribution is 6.18. The van der Waals surface area contributed by atoms with E-state index in [9.17, 15) is 26.7 Å². The lowest BCUT2D eigenvalue weighted by Gasteiger charge is -2.11. The van der Waals surface area contributed by atoms with E-state index >= 15 is 0 Å². The largest absolute Gasteiger partial charge is 0.416 e. The standard InChI is InChI=1S/C20H12F5N5O/c21-12-4-5-13(26)16(22)15(12)17(31)11-7-27-18-14(11)19(29-8-28-18)30-10-3-1-2-9(6-10)20(23,24)25/h1-8H,26H2,(H2,27,28,29,30). The molecule has 2 aromatic carbocycles. The van der Waals surface area contributed by atoms with Crippen LogP contribution in [0.5, 0.6) is 0 Å². The Labute approximate surface area is 170 Å². The van der Waals surface area contributed by atoms with Gasteiger partial charge in [0.2, 0.25) is 5.78 Å². The summed E-state index contributed by atoms with van der Waals surface area (Å²) in [5.74, 6) is -3.40. The first-order valence-electron chi connectivity index (χ1n) is 8.71. The zero-order valence-electron chi connectivity index (χ0n) is 15.4. The molecule has 2 aromatic heterocycles. The van der Waals surface area contributed by atoms with Crippen molar-refractivity contribution in [2.24, 2.45) is 0 Å². The van der Waals surface area contributed by atoms with Gasteiger partial charge in [-0.2, -0.15) is 13.2 Å². The summed E-state index contributed by atoms with van der Waals surface area (Å²) in [5, 5.41) is 2.74. The van der Waals surface area contributed by atoms with Crippen LogP contribution in [-0.4, -0.2) is 20.7 Å². The summed E-state index contributed by atoms with van der Waals surface area (Å²) in [4.78, 5) is 23.5. The van der Waals surface area contributed by atoms with E-state index in [1.807, 2.05) is 0 Å². The van der Waals surface area contributed by atoms with Gasteiger partial charge in [-0.3, -0.25) is 4.79 Å². The number of alkyl halides is 3. The van der Waals surface area contributed by atoms with Crippen molar-refractivity contribution in [1.82, 2.24) is 15.0 Å². The molecule has 0 aliphatic heterocycles. The molecule has 158 valence electrons. The van der Waals surface area contributed by atoms with Crippen LogP contribution < -0.4 is 11.1 Å². The van der Waals surface area contributed by atoms with Crippen LogP contribution in [0.2, 0.25) is 0 Å². The van der Waals surface area contributed by atoms with Gasteiger partial charge < -0.3 is 16.0 Å². The molecule has 0 aliphatic rings. The average Bonchev–Trinajstić information content (AvgIpc) is 3.16. The van der Waals surface area contributed by atoms with Gasteiger partial charge in [0.05, 0.1) is 27.8 Å². The molecule has 0 bridgehead atoms. The van der Waals surface area contributed by atoms with Crippen molar-refractivity contribution < 1.29 is 26.7 Å². The van der Waals surface area contributed by atoms with Gasteiger partial charge in [0.1, 0.15) is 23.6 Å². The van der Waals surface area contributed by atoms with Gasteiger partial charge >= 0.3 is 6.18 Å². The molecular weight excluding hydrogens is 421 g/mol. The first-order chi connectivity index (χ1) is 14.7. The number of nitrogens with two attached hydrogens (primary N) is 1. The number of carbonyl (C=O) groups excluding carboxylic acids is 1. The van der Waals surface area contributed by atoms with Gasteiger partial charge in [-0.25, -0.2) is 18.7 Å². The Morgan fingerprint density at radius 1 is 1.10 bits per heavy atom. The monoisotopic (exact) mass is 433 g/mol. The summed E-state index contributed by atoms with van der Waals surface area (Å²) in [7, 11) is 0. The number of aromatic amines is 1. The van der Waals surface area contributed by atoms with Crippen molar-refractivity contribution in [2.45, 2.75) is 6.18 Å². The summed E-state index contributed by atoms with van der Waals surface area (Å²) >= 11 is 0. The van der Waals surface area contributed by atoms with Crippen LogP contribution in [0.15, 0.2) is 48.9 Å². The minimum atomic E-state index is -4.56. The third-order valence-corrected chi connectivity index (χ3v) is 4.52. The van der Waals surface area contributed by atoms with Gasteiger partial charge in [0.25, 0.3) is 0 Å². The molecule has 0 amide bonds. The molecule has 4 N–H and O–H groups in total. The van der Waals surface area contributed by atoms with E-state index in [4.69, 9.17) is 5.73 Å². The summed E-state index contributed by atoms with van der Waals surface area (Å²) < 4.78 is 67.5. The number of aromatic nitrogens is 3. The highest BCUT2D eigenvalue weighted by atomic mass is 19.4. The number of nitrogens with zero attached hydrogens (tertiary/aromatic N) is 2. The molecule has 0 radical (unpaired) electrons. The third-order valence-electron chi connectivity index (χ3n) is 4.52. The smallest absolute Gasteiger partial charge is 0.396 e. The van der Waals surface area contributed by atoms with Crippen LogP contribution in [-0.2, 0) is 6.18 Å². The molecule has 0 unspecified atom stereocenters. The average molecular weight is 433 g/mol. The van der Waals surface area contributed by atoms with E-state index in [1.165, 1.54) is 18.3 Å². The SMILES string of the molecule is Nc1ccc(F)c(C(=O)c2c[nH]c3ncnc(Nc4cccc(C(F)(F)F)c4)c23)c1F. The number of rotatable bonds is 4. The maximum absolute atomic E-state index is 14.4. The van der Waals surface area contributed by atoms with Crippen molar-refractivity contribution in [3.05, 3.63) is 77.2 Å². The maximum atomic E-state index is 14.4. The predicted octanol–water partition coefficient (Wildman–Crippen LogP) is 4.81. The zero-order valence-corrected chi connectivity index (χ0v) is 15.4. The number of nitrogen functional groups attached to an aromatic ring is 1. The number of ketones is 1. The quantitative estimate of drug-likeness (QED) is 0.244. The molecule has 0 atom stereocenters. The summed E-state index contributed by atoms with van der Waals surface area (Å²) in [6, 6.07) is 6.18. The second-order valence-electron chi connectivity index (χ2n) is 6.51. The lowest BCUT2D eigenvalue weighted by molar-refractivity contribution is -0.137. The van der Waals surface area contributed by atoms with Crippen molar-refractivity contribution in [3.63, 3.8) is 0 Å². The Bertz CT molecular complexity index is 1320. The fourth-order valence-electron chi connectivity index (χ4n) is 3.06. The summed E-state index contributed by atoms with van der Waals surface area (Å²) in [5.41, 5.74) is 3.26. The fraction of sp³-hybridized carbons (Fsp3) is 0.0500. The van der Waals surface area contributed by atoms with Crippen LogP contribution in [0.25, 0.3) is 11.0 Å². The highest BCUT2D eigenvalue weighted by Gasteiger charge is 2.30. The molecule has 4 aromatic rings. The lowest BCUT2D eigenvalue weighted by atomic mass is 10.0. The second-order valence-corrected chi connectivity index (χ2v) is 6.51. The number of halogens is 5. The molecule has 4 rings (SSSR count). The van der Waals surface area contributed by atoms with Crippen molar-refractivity contribution in [1.29, 1.82) is 0 Å². The predicted molar refractivity (Wildman–Crippen MR) is 103 cm³/mol. The van der Waals surface area contributed by atoms with E-state index in [0.717, 1.165) is 30.6 Å². The first kappa shape index (κ1) is 20.3. The Morgan fingerprint density at radius 3 is 2.61 bits per heavy atom. The molecule has 0 saturated heterocycles. The number of hydrogen-bond acceptors (Lipinski definition) is 5. The van der Waals surface area contributed by atoms with Crippen molar-refractivity contribution in [2.75, 3.05) is 11.1 Å². The lowest BCUT2D eigenvalue weighted by Crippen LogP contribution is -2.10. The van der Waals surface area contributed by atoms with Crippen LogP contribution >= 0.6 is 0 Å². The van der Waals surface area contributed by atoms with E-state index in [2.05, 4.69) is 20.3 Å². The molecule has 0 saturated carbocycles. The van der Waals surface area contributed by atoms with Gasteiger partial charge in [-0.1, -0.05) is 6.07 Å². The fourth-order valence-corrected chi connectivity index (χ4v) is 3.06. The van der Waals surface area contributed by atoms with Gasteiger partial charge in [0, 0.05) is 11.9 Å². The van der Waals surface area contributed by atoms with Crippen LogP contribution in [0, 0.1) is 11.6 Å². The summed E-state index contributed by atoms with van der Waals surface area (Å²) in [6.07, 6.45) is -2.26. The number of carbonyl (C=O) groups is 1. The van der Waals surface area contributed by atoms with E-state index in [0.29, 0.717) is 0 Å². The van der Waals surface area contributed by atoms with Crippen molar-refractivity contribution >= 4 is 34.0 Å². The molecule has 2 heterocycles. The number of nitrogens with one attached hydrogen (secondary N) is 2. The van der Waals surface area contributed by atoms with E-state index in [1.54, 1.807) is 0 Å². The Balaban J connectivity index is 1.81. The maximum Gasteiger partial charge on any atom is 0.416 e. The summed E-state index contributed by atoms with van der Waals surface area (Å²) in [6.45, 7) is 0. The molecule has 31 heavy (non-hydrogen) atoms. The highest BCUT2D eigenvalue weighted by Crippen LogP contribution is 2.33. The first-order valence-corrected chi connectivity index (χ1v) is 8.71. The molecule has 0 aliphatic carbocycles. The second kappa shape index (κ2) is 7.35. The minimum absolute atomic E-state index is 0.0290. The van der Waals surface area contributed by atoms with Crippen molar-refractivity contribution in [3.8, 4) is 0 Å². The van der Waals surface area contributed by atoms with E-state index < -0.39 is 40.4 Å². The molecular formula is C20H12F5N5O. The Kier molecular flexibility index (Phi) is 4.80. The van der Waals surface area contributed by atoms with Gasteiger partial charge in [-0.05, 0) is 30.3 Å². The molecule has 0 fully saturated rings. The molecule has 11 heteroatoms. The van der Waals surface area contributed by atoms with Gasteiger partial charge in [-0.15, -0.1) is 0 Å². The number of H-pyrrole nitrogens is 1. The topological polar surface area (TPSA) is 96.7 Å². The normalized spacial score (nSPS) is 11.6. The number of benzene rings is 2. The zero-order chi connectivity index (χ0) is 22.3. The van der Waals surface area contributed by atoms with Crippen LogP contribution in [0.4, 0.5) is 39.1 Å². The third kappa shape index (κ3) is 3.65. The van der Waals surface area contributed by atoms with E-state index in [-0.39, 0.29) is 28.1 Å². The number of anilines is 3. The van der Waals surface area contributed by atoms with Crippen LogP contribution in [0.1, 0.15) is 21.5 Å². The number of fused-ring (bicyclic) bond motifs is 1.